The van der Waals surface area contributed by atoms with Gasteiger partial charge in [-0.2, -0.15) is 0 Å². The summed E-state index contributed by atoms with van der Waals surface area (Å²) in [4.78, 5) is 12.2. The van der Waals surface area contributed by atoms with Crippen molar-refractivity contribution < 1.29 is 9.53 Å². The fourth-order valence-electron chi connectivity index (χ4n) is 2.47. The van der Waals surface area contributed by atoms with Crippen molar-refractivity contribution in [2.24, 2.45) is 0 Å². The van der Waals surface area contributed by atoms with Crippen LogP contribution >= 0.6 is 15.9 Å². The third-order valence-corrected chi connectivity index (χ3v) is 3.92. The van der Waals surface area contributed by atoms with Crippen molar-refractivity contribution >= 4 is 21.8 Å². The predicted octanol–water partition coefficient (Wildman–Crippen LogP) is 2.57. The predicted molar refractivity (Wildman–Crippen MR) is 73.7 cm³/mol. The minimum absolute atomic E-state index is 0.00398. The molecule has 1 aliphatic carbocycles. The van der Waals surface area contributed by atoms with Crippen LogP contribution in [0, 0.1) is 0 Å². The summed E-state index contributed by atoms with van der Waals surface area (Å²) in [7, 11) is 1.73. The van der Waals surface area contributed by atoms with Gasteiger partial charge in [0.05, 0.1) is 6.10 Å². The van der Waals surface area contributed by atoms with Crippen LogP contribution in [0.25, 0.3) is 0 Å². The zero-order valence-electron chi connectivity index (χ0n) is 10.8. The maximum absolute atomic E-state index is 12.2. The van der Waals surface area contributed by atoms with E-state index in [4.69, 9.17) is 4.74 Å². The summed E-state index contributed by atoms with van der Waals surface area (Å²) in [5, 5.41) is 3.09. The fraction of sp³-hybridized carbons (Fsp3) is 0.615. The molecule has 4 nitrogen and oxygen atoms in total. The van der Waals surface area contributed by atoms with E-state index in [9.17, 15) is 4.79 Å². The molecule has 0 aromatic carbocycles. The number of halogens is 1. The van der Waals surface area contributed by atoms with Gasteiger partial charge in [-0.1, -0.05) is 0 Å². The molecule has 2 unspecified atom stereocenters. The second-order valence-electron chi connectivity index (χ2n) is 4.67. The molecule has 0 aliphatic heterocycles. The Kier molecular flexibility index (Phi) is 4.45. The van der Waals surface area contributed by atoms with Crippen LogP contribution in [0.1, 0.15) is 36.7 Å². The summed E-state index contributed by atoms with van der Waals surface area (Å²) in [6, 6.07) is 2.10. The molecule has 18 heavy (non-hydrogen) atoms. The molecule has 0 spiro atoms. The van der Waals surface area contributed by atoms with E-state index >= 15 is 0 Å². The molecule has 1 fully saturated rings. The van der Waals surface area contributed by atoms with Gasteiger partial charge in [0.25, 0.3) is 5.91 Å². The molecule has 1 amide bonds. The van der Waals surface area contributed by atoms with Gasteiger partial charge in [-0.05, 0) is 48.2 Å². The molecule has 2 rings (SSSR count). The van der Waals surface area contributed by atoms with E-state index < -0.39 is 0 Å². The molecular weight excluding hydrogens is 296 g/mol. The summed E-state index contributed by atoms with van der Waals surface area (Å²) in [5.74, 6) is 0.00398. The number of aromatic nitrogens is 1. The van der Waals surface area contributed by atoms with Gasteiger partial charge < -0.3 is 14.6 Å². The highest BCUT2D eigenvalue weighted by Crippen LogP contribution is 2.22. The first-order chi connectivity index (χ1) is 8.63. The van der Waals surface area contributed by atoms with Crippen LogP contribution in [-0.4, -0.2) is 29.7 Å². The molecule has 5 heteroatoms. The molecule has 1 saturated carbocycles. The molecular formula is C13H19BrN2O2. The zero-order valence-corrected chi connectivity index (χ0v) is 12.4. The van der Waals surface area contributed by atoms with Crippen molar-refractivity contribution in [1.29, 1.82) is 0 Å². The van der Waals surface area contributed by atoms with Crippen molar-refractivity contribution in [1.82, 2.24) is 9.88 Å². The van der Waals surface area contributed by atoms with Crippen molar-refractivity contribution in [3.63, 3.8) is 0 Å². The largest absolute Gasteiger partial charge is 0.381 e. The lowest BCUT2D eigenvalue weighted by Crippen LogP contribution is -2.34. The summed E-state index contributed by atoms with van der Waals surface area (Å²) < 4.78 is 8.20. The Morgan fingerprint density at radius 1 is 1.61 bits per heavy atom. The second kappa shape index (κ2) is 5.89. The van der Waals surface area contributed by atoms with Crippen LogP contribution < -0.4 is 5.32 Å². The Morgan fingerprint density at radius 2 is 2.39 bits per heavy atom. The fourth-order valence-corrected chi connectivity index (χ4v) is 2.94. The minimum atomic E-state index is 0.00398. The quantitative estimate of drug-likeness (QED) is 0.928. The number of amides is 1. The standard InChI is InChI=1S/C13H19BrN2O2/c1-3-16-8-9(14)6-12(16)13(17)15-10-4-5-11(7-10)18-2/h6,8,10-11H,3-5,7H2,1-2H3,(H,15,17). The van der Waals surface area contributed by atoms with Gasteiger partial charge in [0.15, 0.2) is 0 Å². The third-order valence-electron chi connectivity index (χ3n) is 3.49. The van der Waals surface area contributed by atoms with Crippen molar-refractivity contribution in [2.75, 3.05) is 7.11 Å². The lowest BCUT2D eigenvalue weighted by Gasteiger charge is -2.13. The van der Waals surface area contributed by atoms with E-state index in [1.165, 1.54) is 0 Å². The molecule has 1 aromatic heterocycles. The second-order valence-corrected chi connectivity index (χ2v) is 5.59. The number of carbonyl (C=O) groups excluding carboxylic acids is 1. The molecule has 1 aliphatic rings. The number of nitrogens with one attached hydrogen (secondary N) is 1. The van der Waals surface area contributed by atoms with Crippen LogP contribution in [-0.2, 0) is 11.3 Å². The van der Waals surface area contributed by atoms with Crippen LogP contribution in [0.15, 0.2) is 16.7 Å². The number of nitrogens with zero attached hydrogens (tertiary/aromatic N) is 1. The van der Waals surface area contributed by atoms with Gasteiger partial charge >= 0.3 is 0 Å². The Hall–Kier alpha value is -0.810. The summed E-state index contributed by atoms with van der Waals surface area (Å²) >= 11 is 3.40. The van der Waals surface area contributed by atoms with Gasteiger partial charge in [0.1, 0.15) is 5.69 Å². The zero-order chi connectivity index (χ0) is 13.1. The first-order valence-electron chi connectivity index (χ1n) is 6.33. The maximum Gasteiger partial charge on any atom is 0.268 e. The van der Waals surface area contributed by atoms with E-state index in [0.717, 1.165) is 30.3 Å². The topological polar surface area (TPSA) is 43.3 Å². The Labute approximate surface area is 116 Å². The van der Waals surface area contributed by atoms with Gasteiger partial charge in [0, 0.05) is 30.4 Å². The third kappa shape index (κ3) is 2.95. The normalized spacial score (nSPS) is 23.3. The Balaban J connectivity index is 1.99. The van der Waals surface area contributed by atoms with Crippen molar-refractivity contribution in [3.05, 3.63) is 22.4 Å². The lowest BCUT2D eigenvalue weighted by molar-refractivity contribution is 0.0906. The maximum atomic E-state index is 12.2. The van der Waals surface area contributed by atoms with E-state index in [1.54, 1.807) is 7.11 Å². The number of rotatable bonds is 4. The summed E-state index contributed by atoms with van der Waals surface area (Å²) in [6.07, 6.45) is 5.16. The first-order valence-corrected chi connectivity index (χ1v) is 7.12. The van der Waals surface area contributed by atoms with Gasteiger partial charge in [-0.25, -0.2) is 0 Å². The van der Waals surface area contributed by atoms with Gasteiger partial charge in [-0.3, -0.25) is 4.79 Å². The summed E-state index contributed by atoms with van der Waals surface area (Å²) in [6.45, 7) is 2.82. The van der Waals surface area contributed by atoms with Crippen LogP contribution in [0.3, 0.4) is 0 Å². The number of hydrogen-bond donors (Lipinski definition) is 1. The number of methoxy groups -OCH3 is 1. The molecule has 1 aromatic rings. The van der Waals surface area contributed by atoms with Gasteiger partial charge in [-0.15, -0.1) is 0 Å². The molecule has 100 valence electrons. The smallest absolute Gasteiger partial charge is 0.268 e. The molecule has 0 bridgehead atoms. The Bertz CT molecular complexity index is 431. The average Bonchev–Trinajstić information content (AvgIpc) is 2.95. The summed E-state index contributed by atoms with van der Waals surface area (Å²) in [5.41, 5.74) is 0.713. The number of hydrogen-bond acceptors (Lipinski definition) is 2. The lowest BCUT2D eigenvalue weighted by atomic mass is 10.2. The van der Waals surface area contributed by atoms with Crippen LogP contribution in [0.5, 0.6) is 0 Å². The molecule has 2 atom stereocenters. The van der Waals surface area contributed by atoms with Crippen LogP contribution in [0.2, 0.25) is 0 Å². The first kappa shape index (κ1) is 13.6. The highest BCUT2D eigenvalue weighted by molar-refractivity contribution is 9.10. The molecule has 1 heterocycles. The van der Waals surface area contributed by atoms with E-state index in [0.29, 0.717) is 11.8 Å². The molecule has 1 N–H and O–H groups in total. The SMILES string of the molecule is CCn1cc(Br)cc1C(=O)NC1CCC(OC)C1. The average molecular weight is 315 g/mol. The highest BCUT2D eigenvalue weighted by Gasteiger charge is 2.26. The number of aryl methyl sites for hydroxylation is 1. The monoisotopic (exact) mass is 314 g/mol. The van der Waals surface area contributed by atoms with Crippen molar-refractivity contribution in [2.45, 2.75) is 44.9 Å². The van der Waals surface area contributed by atoms with E-state index in [1.807, 2.05) is 23.8 Å². The molecule has 0 radical (unpaired) electrons. The number of ether oxygens (including phenoxy) is 1. The van der Waals surface area contributed by atoms with Crippen LogP contribution in [0.4, 0.5) is 0 Å². The van der Waals surface area contributed by atoms with E-state index in [-0.39, 0.29) is 11.9 Å². The van der Waals surface area contributed by atoms with Crippen molar-refractivity contribution in [3.8, 4) is 0 Å². The van der Waals surface area contributed by atoms with Gasteiger partial charge in [0.2, 0.25) is 0 Å². The Morgan fingerprint density at radius 3 is 3.00 bits per heavy atom. The molecule has 0 saturated heterocycles. The minimum Gasteiger partial charge on any atom is -0.381 e. The number of carbonyl (C=O) groups is 1. The van der Waals surface area contributed by atoms with E-state index in [2.05, 4.69) is 21.2 Å². The highest BCUT2D eigenvalue weighted by atomic mass is 79.9.